The van der Waals surface area contributed by atoms with E-state index in [0.717, 1.165) is 44.9 Å². The zero-order valence-electron chi connectivity index (χ0n) is 25.0. The van der Waals surface area contributed by atoms with Crippen molar-refractivity contribution in [1.29, 1.82) is 0 Å². The van der Waals surface area contributed by atoms with Crippen LogP contribution in [0.15, 0.2) is 0 Å². The molecule has 0 radical (unpaired) electrons. The third-order valence-electron chi connectivity index (χ3n) is 7.02. The zero-order valence-corrected chi connectivity index (χ0v) is 25.0. The van der Waals surface area contributed by atoms with Crippen molar-refractivity contribution >= 4 is 29.7 Å². The first-order valence-electron chi connectivity index (χ1n) is 15.3. The van der Waals surface area contributed by atoms with Crippen LogP contribution in [0.5, 0.6) is 0 Å². The minimum absolute atomic E-state index is 0.000422. The van der Waals surface area contributed by atoms with Gasteiger partial charge in [-0.1, -0.05) is 77.6 Å². The standard InChI is InChI=1S/C29H55N5O7/c1-22(29(40)41)16-14-15-19-32-27(38)24(31)21-34-28(39)23(30)20-33-25(35)17-12-10-8-6-4-2-3-5-7-9-11-13-18-26(36)37/h22-24H,2-21,30-31H2,1H3,(H,32,38)(H,33,35)(H,34,39)(H,36,37)(H,40,41)/t22-,23-,24-/m0/s1. The van der Waals surface area contributed by atoms with Gasteiger partial charge in [-0.05, 0) is 25.7 Å². The summed E-state index contributed by atoms with van der Waals surface area (Å²) in [6.07, 6.45) is 15.3. The highest BCUT2D eigenvalue weighted by Gasteiger charge is 2.18. The van der Waals surface area contributed by atoms with Crippen molar-refractivity contribution in [2.45, 2.75) is 128 Å². The average molecular weight is 586 g/mol. The molecule has 0 aliphatic carbocycles. The first-order valence-corrected chi connectivity index (χ1v) is 15.3. The lowest BCUT2D eigenvalue weighted by atomic mass is 10.0. The Balaban J connectivity index is 3.70. The molecule has 0 saturated carbocycles. The van der Waals surface area contributed by atoms with Crippen molar-refractivity contribution in [3.63, 3.8) is 0 Å². The molecule has 12 heteroatoms. The summed E-state index contributed by atoms with van der Waals surface area (Å²) < 4.78 is 0. The van der Waals surface area contributed by atoms with E-state index in [4.69, 9.17) is 21.7 Å². The fraction of sp³-hybridized carbons (Fsp3) is 0.828. The Labute approximate surface area is 245 Å². The van der Waals surface area contributed by atoms with Gasteiger partial charge in [0.25, 0.3) is 0 Å². The Morgan fingerprint density at radius 2 is 1.02 bits per heavy atom. The summed E-state index contributed by atoms with van der Waals surface area (Å²) in [6.45, 7) is 1.93. The van der Waals surface area contributed by atoms with Crippen LogP contribution in [-0.2, 0) is 24.0 Å². The number of nitrogens with two attached hydrogens (primary N) is 2. The molecule has 0 rings (SSSR count). The largest absolute Gasteiger partial charge is 0.481 e. The zero-order chi connectivity index (χ0) is 30.9. The van der Waals surface area contributed by atoms with Crippen LogP contribution in [-0.4, -0.2) is 71.6 Å². The lowest BCUT2D eigenvalue weighted by molar-refractivity contribution is -0.141. The first-order chi connectivity index (χ1) is 19.5. The number of hydrogen-bond donors (Lipinski definition) is 7. The van der Waals surface area contributed by atoms with Crippen LogP contribution in [0.2, 0.25) is 0 Å². The van der Waals surface area contributed by atoms with E-state index in [1.54, 1.807) is 6.92 Å². The lowest BCUT2D eigenvalue weighted by Gasteiger charge is -2.16. The number of carboxylic acids is 2. The molecule has 0 spiro atoms. The van der Waals surface area contributed by atoms with E-state index in [-0.39, 0.29) is 25.4 Å². The van der Waals surface area contributed by atoms with Crippen molar-refractivity contribution in [3.05, 3.63) is 0 Å². The third-order valence-corrected chi connectivity index (χ3v) is 7.02. The highest BCUT2D eigenvalue weighted by Crippen LogP contribution is 2.13. The number of carboxylic acid groups (broad SMARTS) is 2. The molecule has 238 valence electrons. The van der Waals surface area contributed by atoms with Gasteiger partial charge < -0.3 is 37.6 Å². The molecule has 3 atom stereocenters. The number of aliphatic carboxylic acids is 2. The van der Waals surface area contributed by atoms with Gasteiger partial charge in [-0.3, -0.25) is 24.0 Å². The van der Waals surface area contributed by atoms with E-state index >= 15 is 0 Å². The molecule has 41 heavy (non-hydrogen) atoms. The molecule has 0 aromatic heterocycles. The maximum Gasteiger partial charge on any atom is 0.306 e. The van der Waals surface area contributed by atoms with Crippen molar-refractivity contribution in [2.24, 2.45) is 17.4 Å². The van der Waals surface area contributed by atoms with Gasteiger partial charge in [0.15, 0.2) is 0 Å². The Bertz CT molecular complexity index is 766. The summed E-state index contributed by atoms with van der Waals surface area (Å²) in [5.41, 5.74) is 11.6. The van der Waals surface area contributed by atoms with Crippen LogP contribution >= 0.6 is 0 Å². The SMILES string of the molecule is C[C@@H](CCCCNC(=O)[C@@H](N)CNC(=O)[C@@H](N)CNC(=O)CCCCCCCCCCCCCCC(=O)O)C(=O)O. The van der Waals surface area contributed by atoms with Gasteiger partial charge in [0.05, 0.1) is 5.92 Å². The topological polar surface area (TPSA) is 214 Å². The van der Waals surface area contributed by atoms with Crippen LogP contribution in [0.3, 0.4) is 0 Å². The Kier molecular flexibility index (Phi) is 23.4. The fourth-order valence-corrected chi connectivity index (χ4v) is 4.21. The molecular weight excluding hydrogens is 530 g/mol. The molecular formula is C29H55N5O7. The van der Waals surface area contributed by atoms with Gasteiger partial charge in [0.2, 0.25) is 17.7 Å². The second kappa shape index (κ2) is 25.0. The van der Waals surface area contributed by atoms with Crippen LogP contribution in [0.4, 0.5) is 0 Å². The number of amides is 3. The molecule has 0 aliphatic rings. The smallest absolute Gasteiger partial charge is 0.306 e. The third kappa shape index (κ3) is 23.7. The monoisotopic (exact) mass is 585 g/mol. The molecule has 0 fully saturated rings. The molecule has 0 bridgehead atoms. The minimum Gasteiger partial charge on any atom is -0.481 e. The highest BCUT2D eigenvalue weighted by atomic mass is 16.4. The van der Waals surface area contributed by atoms with E-state index in [2.05, 4.69) is 16.0 Å². The summed E-state index contributed by atoms with van der Waals surface area (Å²) in [4.78, 5) is 57.5. The van der Waals surface area contributed by atoms with Gasteiger partial charge in [-0.15, -0.1) is 0 Å². The van der Waals surface area contributed by atoms with Gasteiger partial charge >= 0.3 is 11.9 Å². The fourth-order valence-electron chi connectivity index (χ4n) is 4.21. The molecule has 0 aromatic carbocycles. The van der Waals surface area contributed by atoms with Crippen LogP contribution in [0, 0.1) is 5.92 Å². The predicted octanol–water partition coefficient (Wildman–Crippen LogP) is 2.43. The maximum absolute atomic E-state index is 12.2. The normalized spacial score (nSPS) is 13.1. The quantitative estimate of drug-likeness (QED) is 0.0704. The van der Waals surface area contributed by atoms with Crippen molar-refractivity contribution < 1.29 is 34.2 Å². The van der Waals surface area contributed by atoms with Gasteiger partial charge in [0.1, 0.15) is 12.1 Å². The van der Waals surface area contributed by atoms with Crippen LogP contribution in [0.1, 0.15) is 116 Å². The van der Waals surface area contributed by atoms with E-state index in [1.807, 2.05) is 0 Å². The molecule has 9 N–H and O–H groups in total. The molecule has 0 saturated heterocycles. The number of carbonyl (C=O) groups excluding carboxylic acids is 3. The summed E-state index contributed by atoms with van der Waals surface area (Å²) in [5, 5.41) is 25.3. The first kappa shape index (κ1) is 38.3. The van der Waals surface area contributed by atoms with E-state index in [9.17, 15) is 24.0 Å². The minimum atomic E-state index is -0.949. The molecule has 12 nitrogen and oxygen atoms in total. The summed E-state index contributed by atoms with van der Waals surface area (Å²) >= 11 is 0. The second-order valence-electron chi connectivity index (χ2n) is 10.9. The molecule has 3 amide bonds. The Hall–Kier alpha value is -2.73. The van der Waals surface area contributed by atoms with E-state index in [0.29, 0.717) is 32.2 Å². The number of rotatable bonds is 27. The predicted molar refractivity (Wildman–Crippen MR) is 158 cm³/mol. The molecule has 0 aromatic rings. The average Bonchev–Trinajstić information content (AvgIpc) is 2.93. The van der Waals surface area contributed by atoms with Crippen molar-refractivity contribution in [1.82, 2.24) is 16.0 Å². The molecule has 0 unspecified atom stereocenters. The van der Waals surface area contributed by atoms with E-state index in [1.165, 1.54) is 32.1 Å². The number of nitrogens with one attached hydrogen (secondary N) is 3. The number of carbonyl (C=O) groups is 5. The lowest BCUT2D eigenvalue weighted by Crippen LogP contribution is -2.53. The number of hydrogen-bond acceptors (Lipinski definition) is 7. The van der Waals surface area contributed by atoms with E-state index < -0.39 is 41.8 Å². The van der Waals surface area contributed by atoms with Gasteiger partial charge in [-0.25, -0.2) is 0 Å². The van der Waals surface area contributed by atoms with Crippen molar-refractivity contribution in [2.75, 3.05) is 19.6 Å². The highest BCUT2D eigenvalue weighted by molar-refractivity contribution is 5.85. The van der Waals surface area contributed by atoms with Crippen molar-refractivity contribution in [3.8, 4) is 0 Å². The van der Waals surface area contributed by atoms with Crippen LogP contribution < -0.4 is 27.4 Å². The summed E-state index contributed by atoms with van der Waals surface area (Å²) in [6, 6.07) is -1.89. The summed E-state index contributed by atoms with van der Waals surface area (Å²) in [5.74, 6) is -3.04. The number of unbranched alkanes of at least 4 members (excludes halogenated alkanes) is 12. The summed E-state index contributed by atoms with van der Waals surface area (Å²) in [7, 11) is 0. The Morgan fingerprint density at radius 3 is 1.51 bits per heavy atom. The molecule has 0 aliphatic heterocycles. The second-order valence-corrected chi connectivity index (χ2v) is 10.9. The van der Waals surface area contributed by atoms with Gasteiger partial charge in [0, 0.05) is 32.5 Å². The van der Waals surface area contributed by atoms with Crippen LogP contribution in [0.25, 0.3) is 0 Å². The Morgan fingerprint density at radius 1 is 0.585 bits per heavy atom. The maximum atomic E-state index is 12.2. The van der Waals surface area contributed by atoms with Gasteiger partial charge in [-0.2, -0.15) is 0 Å². The molecule has 0 heterocycles.